The number of hydrogen-bond acceptors (Lipinski definition) is 4. The van der Waals surface area contributed by atoms with E-state index in [1.165, 1.54) is 10.5 Å². The molecule has 0 amide bonds. The maximum Gasteiger partial charge on any atom is 0.245 e. The van der Waals surface area contributed by atoms with Gasteiger partial charge in [0.1, 0.15) is 4.90 Å². The second kappa shape index (κ2) is 6.17. The van der Waals surface area contributed by atoms with Crippen molar-refractivity contribution in [3.05, 3.63) is 22.9 Å². The molecule has 8 heteroatoms. The standard InChI is InChI=1S/C11H14Br2N2O3S/c1-8-7-18-10(3-12)6-15(8)19(16,17)11-2-9(13)4-14-5-11/h2,4-5,8,10H,3,6-7H2,1H3. The molecule has 1 aliphatic rings. The van der Waals surface area contributed by atoms with Gasteiger partial charge in [-0.25, -0.2) is 8.42 Å². The Bertz CT molecular complexity index is 553. The van der Waals surface area contributed by atoms with Crippen LogP contribution in [0, 0.1) is 0 Å². The summed E-state index contributed by atoms with van der Waals surface area (Å²) in [5, 5.41) is 0.614. The van der Waals surface area contributed by atoms with Crippen molar-refractivity contribution in [1.82, 2.24) is 9.29 Å². The van der Waals surface area contributed by atoms with Crippen LogP contribution in [-0.4, -0.2) is 48.3 Å². The van der Waals surface area contributed by atoms with Gasteiger partial charge >= 0.3 is 0 Å². The number of rotatable bonds is 3. The summed E-state index contributed by atoms with van der Waals surface area (Å²) in [6, 6.07) is 1.38. The van der Waals surface area contributed by atoms with Gasteiger partial charge in [0.05, 0.1) is 12.7 Å². The topological polar surface area (TPSA) is 59.5 Å². The number of morpholine rings is 1. The van der Waals surface area contributed by atoms with Gasteiger partial charge in [0.2, 0.25) is 10.0 Å². The SMILES string of the molecule is CC1COC(CBr)CN1S(=O)(=O)c1cncc(Br)c1. The summed E-state index contributed by atoms with van der Waals surface area (Å²) >= 11 is 6.57. The first kappa shape index (κ1) is 15.4. The molecule has 1 fully saturated rings. The third-order valence-electron chi connectivity index (χ3n) is 2.91. The monoisotopic (exact) mass is 412 g/mol. The number of hydrogen-bond donors (Lipinski definition) is 0. The van der Waals surface area contributed by atoms with Crippen molar-refractivity contribution in [2.75, 3.05) is 18.5 Å². The summed E-state index contributed by atoms with van der Waals surface area (Å²) in [7, 11) is -3.54. The minimum absolute atomic E-state index is 0.119. The third-order valence-corrected chi connectivity index (χ3v) is 6.01. The van der Waals surface area contributed by atoms with Gasteiger partial charge in [-0.1, -0.05) is 15.9 Å². The minimum atomic E-state index is -3.54. The van der Waals surface area contributed by atoms with Crippen LogP contribution in [-0.2, 0) is 14.8 Å². The highest BCUT2D eigenvalue weighted by Crippen LogP contribution is 2.24. The molecule has 0 aliphatic carbocycles. The first-order valence-electron chi connectivity index (χ1n) is 5.75. The molecule has 0 saturated carbocycles. The van der Waals surface area contributed by atoms with E-state index in [-0.39, 0.29) is 17.0 Å². The van der Waals surface area contributed by atoms with Gasteiger partial charge in [0, 0.05) is 34.8 Å². The van der Waals surface area contributed by atoms with Gasteiger partial charge in [0.15, 0.2) is 0 Å². The zero-order valence-corrected chi connectivity index (χ0v) is 14.3. The van der Waals surface area contributed by atoms with E-state index < -0.39 is 10.0 Å². The Morgan fingerprint density at radius 3 is 2.89 bits per heavy atom. The Morgan fingerprint density at radius 2 is 2.26 bits per heavy atom. The van der Waals surface area contributed by atoms with E-state index in [1.54, 1.807) is 12.3 Å². The van der Waals surface area contributed by atoms with Crippen molar-refractivity contribution >= 4 is 41.9 Å². The van der Waals surface area contributed by atoms with Crippen LogP contribution in [0.1, 0.15) is 6.92 Å². The largest absolute Gasteiger partial charge is 0.374 e. The number of aromatic nitrogens is 1. The first-order chi connectivity index (χ1) is 8.95. The molecule has 1 aromatic heterocycles. The van der Waals surface area contributed by atoms with Crippen molar-refractivity contribution in [3.8, 4) is 0 Å². The Labute approximate surface area is 129 Å². The van der Waals surface area contributed by atoms with Gasteiger partial charge in [-0.2, -0.15) is 4.31 Å². The zero-order chi connectivity index (χ0) is 14.0. The number of alkyl halides is 1. The number of sulfonamides is 1. The van der Waals surface area contributed by atoms with Crippen LogP contribution in [0.15, 0.2) is 27.8 Å². The predicted molar refractivity (Wildman–Crippen MR) is 78.8 cm³/mol. The van der Waals surface area contributed by atoms with Crippen LogP contribution in [0.4, 0.5) is 0 Å². The zero-order valence-electron chi connectivity index (χ0n) is 10.3. The average Bonchev–Trinajstić information content (AvgIpc) is 2.39. The molecule has 19 heavy (non-hydrogen) atoms. The van der Waals surface area contributed by atoms with Crippen molar-refractivity contribution in [2.24, 2.45) is 0 Å². The Morgan fingerprint density at radius 1 is 1.53 bits per heavy atom. The fraction of sp³-hybridized carbons (Fsp3) is 0.545. The molecule has 2 unspecified atom stereocenters. The van der Waals surface area contributed by atoms with E-state index in [0.29, 0.717) is 23.0 Å². The highest BCUT2D eigenvalue weighted by molar-refractivity contribution is 9.10. The summed E-state index contributed by atoms with van der Waals surface area (Å²) in [6.45, 7) is 2.59. The van der Waals surface area contributed by atoms with E-state index in [9.17, 15) is 8.42 Å². The highest BCUT2D eigenvalue weighted by Gasteiger charge is 2.35. The van der Waals surface area contributed by atoms with E-state index in [1.807, 2.05) is 6.92 Å². The molecule has 1 aromatic rings. The Kier molecular flexibility index (Phi) is 4.99. The molecule has 2 atom stereocenters. The average molecular weight is 414 g/mol. The maximum atomic E-state index is 12.6. The quantitative estimate of drug-likeness (QED) is 0.711. The van der Waals surface area contributed by atoms with Crippen LogP contribution >= 0.6 is 31.9 Å². The number of pyridine rings is 1. The molecule has 0 radical (unpaired) electrons. The van der Waals surface area contributed by atoms with Gasteiger partial charge in [-0.05, 0) is 28.9 Å². The molecule has 1 aliphatic heterocycles. The van der Waals surface area contributed by atoms with E-state index >= 15 is 0 Å². The fourth-order valence-corrected chi connectivity index (χ4v) is 4.43. The number of nitrogens with zero attached hydrogens (tertiary/aromatic N) is 2. The van der Waals surface area contributed by atoms with Gasteiger partial charge < -0.3 is 4.74 Å². The predicted octanol–water partition coefficient (Wildman–Crippen LogP) is 2.02. The summed E-state index contributed by atoms with van der Waals surface area (Å²) in [5.41, 5.74) is 0. The van der Waals surface area contributed by atoms with E-state index in [0.717, 1.165) is 0 Å². The van der Waals surface area contributed by atoms with Crippen molar-refractivity contribution in [2.45, 2.75) is 24.0 Å². The Balaban J connectivity index is 2.32. The molecule has 2 heterocycles. The molecular formula is C11H14Br2N2O3S. The lowest BCUT2D eigenvalue weighted by atomic mass is 10.2. The Hall–Kier alpha value is -0.0200. The van der Waals surface area contributed by atoms with Gasteiger partial charge in [0.25, 0.3) is 0 Å². The molecule has 0 spiro atoms. The molecule has 0 N–H and O–H groups in total. The first-order valence-corrected chi connectivity index (χ1v) is 9.10. The van der Waals surface area contributed by atoms with Crippen molar-refractivity contribution in [1.29, 1.82) is 0 Å². The second-order valence-corrected chi connectivity index (χ2v) is 7.83. The van der Waals surface area contributed by atoms with Gasteiger partial charge in [-0.3, -0.25) is 4.98 Å². The maximum absolute atomic E-state index is 12.6. The molecule has 0 bridgehead atoms. The summed E-state index contributed by atoms with van der Waals surface area (Å²) in [6.07, 6.45) is 2.81. The smallest absolute Gasteiger partial charge is 0.245 e. The minimum Gasteiger partial charge on any atom is -0.374 e. The lowest BCUT2D eigenvalue weighted by Gasteiger charge is -2.36. The fourth-order valence-electron chi connectivity index (χ4n) is 1.89. The normalized spacial score (nSPS) is 25.4. The number of ether oxygens (including phenoxy) is 1. The van der Waals surface area contributed by atoms with E-state index in [4.69, 9.17) is 4.74 Å². The van der Waals surface area contributed by atoms with Crippen molar-refractivity contribution < 1.29 is 13.2 Å². The lowest BCUT2D eigenvalue weighted by Crippen LogP contribution is -2.51. The lowest BCUT2D eigenvalue weighted by molar-refractivity contribution is -0.0139. The van der Waals surface area contributed by atoms with Crippen LogP contribution in [0.2, 0.25) is 0 Å². The van der Waals surface area contributed by atoms with Gasteiger partial charge in [-0.15, -0.1) is 0 Å². The van der Waals surface area contributed by atoms with Crippen molar-refractivity contribution in [3.63, 3.8) is 0 Å². The summed E-state index contributed by atoms with van der Waals surface area (Å²) < 4.78 is 32.9. The molecule has 1 saturated heterocycles. The number of halogens is 2. The van der Waals surface area contributed by atoms with Crippen LogP contribution in [0.3, 0.4) is 0 Å². The van der Waals surface area contributed by atoms with Crippen LogP contribution in [0.25, 0.3) is 0 Å². The summed E-state index contributed by atoms with van der Waals surface area (Å²) in [5.74, 6) is 0. The van der Waals surface area contributed by atoms with Crippen LogP contribution in [0.5, 0.6) is 0 Å². The molecule has 0 aromatic carbocycles. The summed E-state index contributed by atoms with van der Waals surface area (Å²) in [4.78, 5) is 4.11. The molecule has 2 rings (SSSR count). The molecule has 5 nitrogen and oxygen atoms in total. The van der Waals surface area contributed by atoms with Crippen LogP contribution < -0.4 is 0 Å². The molecular weight excluding hydrogens is 400 g/mol. The van der Waals surface area contributed by atoms with E-state index in [2.05, 4.69) is 36.8 Å². The highest BCUT2D eigenvalue weighted by atomic mass is 79.9. The third kappa shape index (κ3) is 3.36. The second-order valence-electron chi connectivity index (χ2n) is 4.37. The molecule has 106 valence electrons.